The number of benzene rings is 3. The maximum atomic E-state index is 12.9. The molecule has 0 aliphatic carbocycles. The monoisotopic (exact) mass is 459 g/mol. The molecule has 2 heterocycles. The van der Waals surface area contributed by atoms with Crippen LogP contribution in [-0.4, -0.2) is 33.5 Å². The lowest BCUT2D eigenvalue weighted by Crippen LogP contribution is -2.27. The molecule has 0 saturated carbocycles. The number of carbonyl (C=O) groups excluding carboxylic acids is 1. The minimum absolute atomic E-state index is 0.0852. The highest BCUT2D eigenvalue weighted by atomic mass is 16.7. The van der Waals surface area contributed by atoms with Crippen molar-refractivity contribution in [3.63, 3.8) is 0 Å². The third-order valence-corrected chi connectivity index (χ3v) is 5.84. The number of nitrogens with one attached hydrogen (secondary N) is 1. The maximum absolute atomic E-state index is 12.9. The summed E-state index contributed by atoms with van der Waals surface area (Å²) in [7, 11) is 3.21. The van der Waals surface area contributed by atoms with Gasteiger partial charge in [0.25, 0.3) is 0 Å². The van der Waals surface area contributed by atoms with Gasteiger partial charge in [0.15, 0.2) is 23.0 Å². The van der Waals surface area contributed by atoms with Crippen LogP contribution in [-0.2, 0) is 17.6 Å². The molecule has 174 valence electrons. The molecule has 4 aromatic rings. The molecule has 7 heteroatoms. The summed E-state index contributed by atoms with van der Waals surface area (Å²) in [6.45, 7) is 0.677. The third-order valence-electron chi connectivity index (χ3n) is 5.84. The fourth-order valence-corrected chi connectivity index (χ4v) is 4.14. The van der Waals surface area contributed by atoms with Crippen molar-refractivity contribution in [1.29, 1.82) is 0 Å². The molecule has 0 radical (unpaired) electrons. The molecule has 0 spiro atoms. The number of hydrogen-bond acceptors (Lipinski definition) is 6. The van der Waals surface area contributed by atoms with Gasteiger partial charge in [0.2, 0.25) is 12.7 Å². The van der Waals surface area contributed by atoms with Crippen LogP contribution in [0.3, 0.4) is 0 Å². The lowest BCUT2D eigenvalue weighted by Gasteiger charge is -2.10. The van der Waals surface area contributed by atoms with E-state index >= 15 is 0 Å². The van der Waals surface area contributed by atoms with Crippen LogP contribution in [0.2, 0.25) is 0 Å². The van der Waals surface area contributed by atoms with Gasteiger partial charge in [-0.25, -0.2) is 0 Å². The highest BCUT2D eigenvalue weighted by molar-refractivity contribution is 5.94. The van der Waals surface area contributed by atoms with E-state index in [1.54, 1.807) is 14.2 Å². The van der Waals surface area contributed by atoms with E-state index in [0.29, 0.717) is 47.3 Å². The zero-order chi connectivity index (χ0) is 23.5. The summed E-state index contributed by atoms with van der Waals surface area (Å²) in [4.78, 5) is 12.9. The Labute approximate surface area is 197 Å². The Morgan fingerprint density at radius 2 is 1.71 bits per heavy atom. The second-order valence-electron chi connectivity index (χ2n) is 7.94. The second-order valence-corrected chi connectivity index (χ2v) is 7.94. The summed E-state index contributed by atoms with van der Waals surface area (Å²) >= 11 is 0. The fraction of sp³-hybridized carbons (Fsp3) is 0.222. The summed E-state index contributed by atoms with van der Waals surface area (Å²) in [5.41, 5.74) is 3.44. The summed E-state index contributed by atoms with van der Waals surface area (Å²) < 4.78 is 27.9. The fourth-order valence-electron chi connectivity index (χ4n) is 4.14. The highest BCUT2D eigenvalue weighted by Gasteiger charge is 2.23. The number of ether oxygens (including phenoxy) is 4. The Hall–Kier alpha value is -4.13. The van der Waals surface area contributed by atoms with E-state index in [1.807, 2.05) is 60.7 Å². The molecule has 0 atom stereocenters. The van der Waals surface area contributed by atoms with Crippen LogP contribution in [0, 0.1) is 0 Å². The molecule has 1 amide bonds. The van der Waals surface area contributed by atoms with Gasteiger partial charge in [0.1, 0.15) is 11.3 Å². The quantitative estimate of drug-likeness (QED) is 0.410. The first-order chi connectivity index (χ1) is 16.7. The number of carbonyl (C=O) groups is 1. The van der Waals surface area contributed by atoms with Gasteiger partial charge in [-0.2, -0.15) is 0 Å². The molecule has 5 rings (SSSR count). The molecule has 1 N–H and O–H groups in total. The van der Waals surface area contributed by atoms with Crippen molar-refractivity contribution in [3.05, 3.63) is 71.8 Å². The molecule has 0 bridgehead atoms. The average molecular weight is 459 g/mol. The molecular weight excluding hydrogens is 434 g/mol. The Morgan fingerprint density at radius 1 is 0.941 bits per heavy atom. The van der Waals surface area contributed by atoms with Crippen LogP contribution < -0.4 is 24.3 Å². The van der Waals surface area contributed by atoms with Crippen molar-refractivity contribution in [1.82, 2.24) is 5.32 Å². The predicted molar refractivity (Wildman–Crippen MR) is 128 cm³/mol. The van der Waals surface area contributed by atoms with Gasteiger partial charge in [-0.1, -0.05) is 36.4 Å². The first-order valence-electron chi connectivity index (χ1n) is 11.0. The van der Waals surface area contributed by atoms with Gasteiger partial charge >= 0.3 is 0 Å². The maximum Gasteiger partial charge on any atom is 0.231 e. The predicted octanol–water partition coefficient (Wildman–Crippen LogP) is 4.75. The smallest absolute Gasteiger partial charge is 0.231 e. The third kappa shape index (κ3) is 4.24. The lowest BCUT2D eigenvalue weighted by molar-refractivity contribution is -0.120. The Kier molecular flexibility index (Phi) is 5.99. The van der Waals surface area contributed by atoms with E-state index in [4.69, 9.17) is 23.4 Å². The molecule has 1 aliphatic rings. The number of furan rings is 1. The summed E-state index contributed by atoms with van der Waals surface area (Å²) in [6, 6.07) is 19.2. The van der Waals surface area contributed by atoms with Gasteiger partial charge in [-0.05, 0) is 30.2 Å². The number of methoxy groups -OCH3 is 2. The summed E-state index contributed by atoms with van der Waals surface area (Å²) in [5, 5.41) is 3.87. The summed E-state index contributed by atoms with van der Waals surface area (Å²) in [6.07, 6.45) is 0.852. The van der Waals surface area contributed by atoms with Crippen molar-refractivity contribution in [2.24, 2.45) is 0 Å². The first kappa shape index (κ1) is 21.7. The van der Waals surface area contributed by atoms with Crippen molar-refractivity contribution in [3.8, 4) is 34.3 Å². The van der Waals surface area contributed by atoms with Gasteiger partial charge in [0.05, 0.1) is 20.6 Å². The van der Waals surface area contributed by atoms with E-state index in [1.165, 1.54) is 0 Å². The van der Waals surface area contributed by atoms with Gasteiger partial charge in [-0.15, -0.1) is 0 Å². The first-order valence-corrected chi connectivity index (χ1v) is 11.0. The van der Waals surface area contributed by atoms with Crippen molar-refractivity contribution in [2.45, 2.75) is 12.8 Å². The van der Waals surface area contributed by atoms with Gasteiger partial charge in [0, 0.05) is 29.1 Å². The van der Waals surface area contributed by atoms with Crippen molar-refractivity contribution >= 4 is 16.9 Å². The largest absolute Gasteiger partial charge is 0.493 e. The molecule has 1 aromatic heterocycles. The SMILES string of the molecule is COc1ccc(CCNC(=O)Cc2c(-c3ccccc3)oc3cc4c(cc23)OCO4)cc1OC. The van der Waals surface area contributed by atoms with E-state index in [-0.39, 0.29) is 19.1 Å². The summed E-state index contributed by atoms with van der Waals surface area (Å²) in [5.74, 6) is 3.24. The Bertz CT molecular complexity index is 1330. The molecule has 3 aromatic carbocycles. The van der Waals surface area contributed by atoms with Gasteiger partial charge < -0.3 is 28.7 Å². The zero-order valence-corrected chi connectivity index (χ0v) is 19.1. The number of hydrogen-bond donors (Lipinski definition) is 1. The number of rotatable bonds is 8. The number of fused-ring (bicyclic) bond motifs is 2. The number of amides is 1. The van der Waals surface area contributed by atoms with E-state index in [9.17, 15) is 4.79 Å². The molecule has 34 heavy (non-hydrogen) atoms. The average Bonchev–Trinajstić information content (AvgIpc) is 3.47. The van der Waals surface area contributed by atoms with Crippen LogP contribution in [0.25, 0.3) is 22.3 Å². The molecule has 1 aliphatic heterocycles. The molecule has 0 saturated heterocycles. The van der Waals surface area contributed by atoms with Gasteiger partial charge in [-0.3, -0.25) is 4.79 Å². The minimum Gasteiger partial charge on any atom is -0.493 e. The van der Waals surface area contributed by atoms with E-state index in [2.05, 4.69) is 5.32 Å². The molecule has 0 unspecified atom stereocenters. The zero-order valence-electron chi connectivity index (χ0n) is 19.1. The molecular formula is C27H25NO6. The lowest BCUT2D eigenvalue weighted by atomic mass is 10.0. The van der Waals surface area contributed by atoms with Crippen molar-refractivity contribution < 1.29 is 28.2 Å². The molecule has 0 fully saturated rings. The van der Waals surface area contributed by atoms with Crippen molar-refractivity contribution in [2.75, 3.05) is 27.6 Å². The highest BCUT2D eigenvalue weighted by Crippen LogP contribution is 2.42. The normalized spacial score (nSPS) is 12.1. The van der Waals surface area contributed by atoms with Crippen LogP contribution in [0.15, 0.2) is 65.1 Å². The Balaban J connectivity index is 1.35. The van der Waals surface area contributed by atoms with E-state index < -0.39 is 0 Å². The Morgan fingerprint density at radius 3 is 2.47 bits per heavy atom. The van der Waals surface area contributed by atoms with Crippen LogP contribution in [0.4, 0.5) is 0 Å². The molecule has 7 nitrogen and oxygen atoms in total. The van der Waals surface area contributed by atoms with Crippen LogP contribution in [0.5, 0.6) is 23.0 Å². The van der Waals surface area contributed by atoms with Crippen LogP contribution >= 0.6 is 0 Å². The van der Waals surface area contributed by atoms with E-state index in [0.717, 1.165) is 22.1 Å². The second kappa shape index (κ2) is 9.39. The topological polar surface area (TPSA) is 79.2 Å². The van der Waals surface area contributed by atoms with Crippen LogP contribution in [0.1, 0.15) is 11.1 Å². The standard InChI is InChI=1S/C27H25NO6/c1-30-21-9-8-17(12-23(21)31-2)10-11-28-26(29)14-20-19-13-24-25(33-16-32-24)15-22(19)34-27(20)18-6-4-3-5-7-18/h3-9,12-13,15H,10-11,14,16H2,1-2H3,(H,28,29). The minimum atomic E-state index is -0.0852.